The van der Waals surface area contributed by atoms with Gasteiger partial charge in [-0.3, -0.25) is 0 Å². The predicted molar refractivity (Wildman–Crippen MR) is 45.9 cm³/mol. The van der Waals surface area contributed by atoms with E-state index in [0.717, 1.165) is 11.1 Å². The number of aryl methyl sites for hydroxylation is 2. The van der Waals surface area contributed by atoms with Gasteiger partial charge in [0.15, 0.2) is 0 Å². The molecular formula is C10H11O3-. The number of carbonyl (C=O) groups excluding carboxylic acids is 1. The molecular weight excluding hydrogens is 168 g/mol. The Hall–Kier alpha value is -1.35. The summed E-state index contributed by atoms with van der Waals surface area (Å²) in [6.07, 6.45) is -1.53. The second-order valence-corrected chi connectivity index (χ2v) is 3.08. The Balaban J connectivity index is 3.12. The highest BCUT2D eigenvalue weighted by Crippen LogP contribution is 2.18. The van der Waals surface area contributed by atoms with Gasteiger partial charge in [-0.05, 0) is 25.0 Å². The van der Waals surface area contributed by atoms with Crippen molar-refractivity contribution in [3.05, 3.63) is 34.9 Å². The Morgan fingerprint density at radius 2 is 2.08 bits per heavy atom. The molecule has 70 valence electrons. The second kappa shape index (κ2) is 3.58. The van der Waals surface area contributed by atoms with Crippen LogP contribution in [-0.4, -0.2) is 11.1 Å². The molecule has 1 atom stereocenters. The molecule has 13 heavy (non-hydrogen) atoms. The molecule has 0 aliphatic rings. The third kappa shape index (κ3) is 2.06. The molecule has 0 heterocycles. The zero-order valence-corrected chi connectivity index (χ0v) is 7.57. The fourth-order valence-corrected chi connectivity index (χ4v) is 1.18. The Labute approximate surface area is 76.6 Å². The van der Waals surface area contributed by atoms with Gasteiger partial charge in [0, 0.05) is 0 Å². The van der Waals surface area contributed by atoms with Crippen molar-refractivity contribution >= 4 is 5.97 Å². The van der Waals surface area contributed by atoms with Crippen molar-refractivity contribution in [2.75, 3.05) is 0 Å². The number of rotatable bonds is 2. The molecule has 3 nitrogen and oxygen atoms in total. The van der Waals surface area contributed by atoms with Gasteiger partial charge < -0.3 is 15.0 Å². The van der Waals surface area contributed by atoms with Crippen molar-refractivity contribution in [3.63, 3.8) is 0 Å². The number of aliphatic hydroxyl groups is 1. The van der Waals surface area contributed by atoms with E-state index in [1.807, 2.05) is 13.0 Å². The minimum absolute atomic E-state index is 0.403. The van der Waals surface area contributed by atoms with E-state index in [1.165, 1.54) is 0 Å². The molecule has 0 saturated carbocycles. The zero-order valence-electron chi connectivity index (χ0n) is 7.57. The lowest BCUT2D eigenvalue weighted by atomic mass is 10.0. The molecule has 0 radical (unpaired) electrons. The lowest BCUT2D eigenvalue weighted by Crippen LogP contribution is -2.29. The number of hydrogen-bond acceptors (Lipinski definition) is 3. The largest absolute Gasteiger partial charge is 0.547 e. The third-order valence-electron chi connectivity index (χ3n) is 1.95. The highest BCUT2D eigenvalue weighted by atomic mass is 16.4. The fourth-order valence-electron chi connectivity index (χ4n) is 1.18. The summed E-state index contributed by atoms with van der Waals surface area (Å²) in [4.78, 5) is 10.4. The normalized spacial score (nSPS) is 12.5. The van der Waals surface area contributed by atoms with Crippen LogP contribution in [0.1, 0.15) is 22.8 Å². The number of carboxylic acids is 1. The predicted octanol–water partition coefficient (Wildman–Crippen LogP) is 0.0867. The third-order valence-corrected chi connectivity index (χ3v) is 1.95. The van der Waals surface area contributed by atoms with Crippen LogP contribution in [-0.2, 0) is 4.79 Å². The van der Waals surface area contributed by atoms with E-state index < -0.39 is 12.1 Å². The van der Waals surface area contributed by atoms with Crippen LogP contribution < -0.4 is 5.11 Å². The number of carboxylic acid groups (broad SMARTS) is 1. The van der Waals surface area contributed by atoms with Crippen molar-refractivity contribution in [2.24, 2.45) is 0 Å². The first kappa shape index (κ1) is 9.74. The summed E-state index contributed by atoms with van der Waals surface area (Å²) in [5, 5.41) is 19.6. The molecule has 1 aromatic carbocycles. The minimum Gasteiger partial charge on any atom is -0.547 e. The molecule has 0 saturated heterocycles. The Morgan fingerprint density at radius 1 is 1.46 bits per heavy atom. The summed E-state index contributed by atoms with van der Waals surface area (Å²) in [7, 11) is 0. The maximum atomic E-state index is 10.4. The van der Waals surface area contributed by atoms with Crippen molar-refractivity contribution in [1.29, 1.82) is 0 Å². The Bertz CT molecular complexity index is 331. The van der Waals surface area contributed by atoms with Crippen LogP contribution in [0.15, 0.2) is 18.2 Å². The summed E-state index contributed by atoms with van der Waals surface area (Å²) in [5.41, 5.74) is 2.07. The van der Waals surface area contributed by atoms with Gasteiger partial charge in [0.1, 0.15) is 6.10 Å². The molecule has 0 aromatic heterocycles. The van der Waals surface area contributed by atoms with Crippen molar-refractivity contribution < 1.29 is 15.0 Å². The Kier molecular flexibility index (Phi) is 2.68. The van der Waals surface area contributed by atoms with E-state index in [4.69, 9.17) is 0 Å². The van der Waals surface area contributed by atoms with Gasteiger partial charge in [-0.2, -0.15) is 0 Å². The van der Waals surface area contributed by atoms with E-state index in [2.05, 4.69) is 0 Å². The van der Waals surface area contributed by atoms with E-state index in [-0.39, 0.29) is 0 Å². The van der Waals surface area contributed by atoms with Crippen molar-refractivity contribution in [1.82, 2.24) is 0 Å². The molecule has 0 spiro atoms. The van der Waals surface area contributed by atoms with Crippen LogP contribution in [0.5, 0.6) is 0 Å². The summed E-state index contributed by atoms with van der Waals surface area (Å²) in [6, 6.07) is 5.29. The van der Waals surface area contributed by atoms with Gasteiger partial charge in [-0.15, -0.1) is 0 Å². The van der Waals surface area contributed by atoms with Gasteiger partial charge >= 0.3 is 0 Å². The topological polar surface area (TPSA) is 60.4 Å². The SMILES string of the molecule is Cc1ccc(C)c([C@@H](O)C(=O)[O-])c1. The first-order chi connectivity index (χ1) is 6.02. The van der Waals surface area contributed by atoms with E-state index in [9.17, 15) is 15.0 Å². The van der Waals surface area contributed by atoms with Crippen LogP contribution in [0.3, 0.4) is 0 Å². The fraction of sp³-hybridized carbons (Fsp3) is 0.300. The molecule has 1 N–H and O–H groups in total. The smallest absolute Gasteiger partial charge is 0.119 e. The van der Waals surface area contributed by atoms with E-state index in [1.54, 1.807) is 19.1 Å². The Morgan fingerprint density at radius 3 is 2.62 bits per heavy atom. The summed E-state index contributed by atoms with van der Waals surface area (Å²) >= 11 is 0. The highest BCUT2D eigenvalue weighted by Gasteiger charge is 2.10. The zero-order chi connectivity index (χ0) is 10.0. The molecule has 1 rings (SSSR count). The lowest BCUT2D eigenvalue weighted by Gasteiger charge is -2.14. The van der Waals surface area contributed by atoms with Gasteiger partial charge in [-0.25, -0.2) is 0 Å². The second-order valence-electron chi connectivity index (χ2n) is 3.08. The average molecular weight is 179 g/mol. The molecule has 0 aliphatic carbocycles. The first-order valence-corrected chi connectivity index (χ1v) is 3.98. The van der Waals surface area contributed by atoms with Gasteiger partial charge in [0.25, 0.3) is 0 Å². The molecule has 0 bridgehead atoms. The number of carbonyl (C=O) groups is 1. The van der Waals surface area contributed by atoms with Crippen LogP contribution in [0.4, 0.5) is 0 Å². The van der Waals surface area contributed by atoms with Crippen LogP contribution in [0.25, 0.3) is 0 Å². The summed E-state index contributed by atoms with van der Waals surface area (Å²) < 4.78 is 0. The van der Waals surface area contributed by atoms with E-state index >= 15 is 0 Å². The van der Waals surface area contributed by atoms with Crippen LogP contribution in [0.2, 0.25) is 0 Å². The molecule has 0 unspecified atom stereocenters. The number of benzene rings is 1. The molecule has 0 amide bonds. The monoisotopic (exact) mass is 179 g/mol. The molecule has 0 fully saturated rings. The van der Waals surface area contributed by atoms with Gasteiger partial charge in [0.2, 0.25) is 0 Å². The minimum atomic E-state index is -1.53. The highest BCUT2D eigenvalue weighted by molar-refractivity contribution is 5.72. The summed E-state index contributed by atoms with van der Waals surface area (Å²) in [5.74, 6) is -1.46. The maximum absolute atomic E-state index is 10.4. The first-order valence-electron chi connectivity index (χ1n) is 3.98. The maximum Gasteiger partial charge on any atom is 0.119 e. The van der Waals surface area contributed by atoms with Gasteiger partial charge in [0.05, 0.1) is 5.97 Å². The average Bonchev–Trinajstić information content (AvgIpc) is 2.08. The lowest BCUT2D eigenvalue weighted by molar-refractivity contribution is -0.315. The van der Waals surface area contributed by atoms with Crippen LogP contribution >= 0.6 is 0 Å². The standard InChI is InChI=1S/C10H12O3/c1-6-3-4-7(2)8(5-6)9(11)10(12)13/h3-5,9,11H,1-2H3,(H,12,13)/p-1/t9-/m1/s1. The number of aliphatic carboxylic acids is 1. The molecule has 3 heteroatoms. The van der Waals surface area contributed by atoms with Crippen LogP contribution in [0, 0.1) is 13.8 Å². The number of hydrogen-bond donors (Lipinski definition) is 1. The quantitative estimate of drug-likeness (QED) is 0.699. The summed E-state index contributed by atoms with van der Waals surface area (Å²) in [6.45, 7) is 3.59. The van der Waals surface area contributed by atoms with Crippen molar-refractivity contribution in [3.8, 4) is 0 Å². The molecule has 0 aliphatic heterocycles. The van der Waals surface area contributed by atoms with Crippen molar-refractivity contribution in [2.45, 2.75) is 20.0 Å². The van der Waals surface area contributed by atoms with E-state index in [0.29, 0.717) is 5.56 Å². The van der Waals surface area contributed by atoms with Gasteiger partial charge in [-0.1, -0.05) is 23.8 Å². The molecule has 1 aromatic rings. The number of aliphatic hydroxyl groups excluding tert-OH is 1.